The molecule has 0 bridgehead atoms. The molecule has 0 radical (unpaired) electrons. The average molecular weight is 413 g/mol. The molecule has 3 fully saturated rings. The summed E-state index contributed by atoms with van der Waals surface area (Å²) < 4.78 is 2.60. The number of hydrogen-bond donors (Lipinski definition) is 1. The van der Waals surface area contributed by atoms with E-state index in [9.17, 15) is 0 Å². The third-order valence-corrected chi connectivity index (χ3v) is 8.25. The predicted molar refractivity (Wildman–Crippen MR) is 123 cm³/mol. The number of nitrogens with zero attached hydrogens (tertiary/aromatic N) is 3. The van der Waals surface area contributed by atoms with E-state index in [4.69, 9.17) is 4.98 Å². The molecule has 1 aromatic heterocycles. The van der Waals surface area contributed by atoms with Gasteiger partial charge < -0.3 is 9.47 Å². The van der Waals surface area contributed by atoms with Crippen molar-refractivity contribution in [3.8, 4) is 0 Å². The second-order valence-corrected chi connectivity index (χ2v) is 10.4. The number of nitrogens with one attached hydrogen (secondary N) is 1. The number of rotatable bonds is 4. The van der Waals surface area contributed by atoms with Crippen molar-refractivity contribution in [2.45, 2.75) is 69.9 Å². The highest BCUT2D eigenvalue weighted by Gasteiger charge is 2.29. The van der Waals surface area contributed by atoms with Gasteiger partial charge in [-0.2, -0.15) is 0 Å². The summed E-state index contributed by atoms with van der Waals surface area (Å²) in [5.74, 6) is 4.41. The van der Waals surface area contributed by atoms with Gasteiger partial charge in [0, 0.05) is 37.3 Å². The number of para-hydroxylation sites is 2. The molecule has 0 spiro atoms. The van der Waals surface area contributed by atoms with Crippen LogP contribution in [0.5, 0.6) is 0 Å². The molecule has 5 rings (SSSR count). The highest BCUT2D eigenvalue weighted by atomic mass is 32.2. The molecule has 2 aromatic rings. The highest BCUT2D eigenvalue weighted by Crippen LogP contribution is 2.34. The Labute approximate surface area is 179 Å². The molecule has 0 amide bonds. The minimum Gasteiger partial charge on any atom is -0.323 e. The van der Waals surface area contributed by atoms with Gasteiger partial charge in [0.1, 0.15) is 5.82 Å². The highest BCUT2D eigenvalue weighted by molar-refractivity contribution is 7.99. The molecule has 2 aliphatic heterocycles. The largest absolute Gasteiger partial charge is 0.323 e. The Hall–Kier alpha value is -1.04. The number of fused-ring (bicyclic) bond motifs is 1. The molecule has 2 saturated heterocycles. The van der Waals surface area contributed by atoms with Crippen molar-refractivity contribution >= 4 is 22.8 Å². The van der Waals surface area contributed by atoms with Crippen LogP contribution < -0.4 is 5.32 Å². The normalized spacial score (nSPS) is 26.0. The molecule has 5 heteroatoms. The zero-order chi connectivity index (χ0) is 19.5. The summed E-state index contributed by atoms with van der Waals surface area (Å²) in [5.41, 5.74) is 2.50. The number of aromatic nitrogens is 2. The molecule has 1 unspecified atom stereocenters. The number of hydrogen-bond acceptors (Lipinski definition) is 4. The molecule has 4 nitrogen and oxygen atoms in total. The van der Waals surface area contributed by atoms with Crippen LogP contribution in [0.25, 0.3) is 11.0 Å². The Balaban J connectivity index is 1.28. The van der Waals surface area contributed by atoms with Crippen molar-refractivity contribution in [1.29, 1.82) is 0 Å². The molecular weight excluding hydrogens is 376 g/mol. The lowest BCUT2D eigenvalue weighted by atomic mass is 9.90. The van der Waals surface area contributed by atoms with Crippen LogP contribution >= 0.6 is 11.8 Å². The van der Waals surface area contributed by atoms with Crippen molar-refractivity contribution < 1.29 is 0 Å². The number of piperidine rings is 1. The smallest absolute Gasteiger partial charge is 0.128 e. The van der Waals surface area contributed by atoms with Gasteiger partial charge in [0.15, 0.2) is 0 Å². The zero-order valence-electron chi connectivity index (χ0n) is 17.7. The summed E-state index contributed by atoms with van der Waals surface area (Å²) in [7, 11) is 0. The summed E-state index contributed by atoms with van der Waals surface area (Å²) in [4.78, 5) is 7.84. The lowest BCUT2D eigenvalue weighted by molar-refractivity contribution is 0.151. The molecule has 3 aliphatic rings. The topological polar surface area (TPSA) is 33.1 Å². The summed E-state index contributed by atoms with van der Waals surface area (Å²) in [5, 5.41) is 3.66. The number of benzene rings is 1. The van der Waals surface area contributed by atoms with E-state index in [1.165, 1.54) is 88.8 Å². The van der Waals surface area contributed by atoms with Crippen molar-refractivity contribution in [2.75, 3.05) is 31.3 Å². The standard InChI is InChI=1S/C24H36N4S/c1-2-4-8-19(9-5-3-1)16-27-14-12-20(13-15-27)28-23-11-7-6-10-21(23)26-24(28)22-17-29-18-25-22/h6-7,10-11,19-20,22,25H,1-5,8-9,12-18H2. The number of imidazole rings is 1. The Bertz CT molecular complexity index is 781. The second kappa shape index (κ2) is 9.40. The van der Waals surface area contributed by atoms with Gasteiger partial charge in [-0.15, -0.1) is 11.8 Å². The van der Waals surface area contributed by atoms with Crippen LogP contribution in [-0.4, -0.2) is 45.7 Å². The lowest BCUT2D eigenvalue weighted by Gasteiger charge is -2.36. The van der Waals surface area contributed by atoms with Gasteiger partial charge in [0.25, 0.3) is 0 Å². The third-order valence-electron chi connectivity index (χ3n) is 7.31. The predicted octanol–water partition coefficient (Wildman–Crippen LogP) is 5.37. The van der Waals surface area contributed by atoms with Crippen LogP contribution in [-0.2, 0) is 0 Å². The first kappa shape index (κ1) is 19.9. The molecular formula is C24H36N4S. The van der Waals surface area contributed by atoms with Gasteiger partial charge >= 0.3 is 0 Å². The van der Waals surface area contributed by atoms with Crippen LogP contribution in [0.2, 0.25) is 0 Å². The molecule has 1 aromatic carbocycles. The van der Waals surface area contributed by atoms with E-state index < -0.39 is 0 Å². The summed E-state index contributed by atoms with van der Waals surface area (Å²) in [6, 6.07) is 9.75. The monoisotopic (exact) mass is 412 g/mol. The number of thioether (sulfide) groups is 1. The fourth-order valence-corrected chi connectivity index (χ4v) is 6.64. The lowest BCUT2D eigenvalue weighted by Crippen LogP contribution is -2.38. The maximum Gasteiger partial charge on any atom is 0.128 e. The van der Waals surface area contributed by atoms with Crippen molar-refractivity contribution in [1.82, 2.24) is 19.8 Å². The van der Waals surface area contributed by atoms with E-state index in [-0.39, 0.29) is 0 Å². The van der Waals surface area contributed by atoms with Crippen LogP contribution in [0.15, 0.2) is 24.3 Å². The maximum atomic E-state index is 5.08. The molecule has 1 saturated carbocycles. The van der Waals surface area contributed by atoms with Crippen LogP contribution in [0.3, 0.4) is 0 Å². The van der Waals surface area contributed by atoms with Gasteiger partial charge in [-0.3, -0.25) is 5.32 Å². The van der Waals surface area contributed by atoms with Crippen LogP contribution in [0, 0.1) is 5.92 Å². The first-order valence-electron chi connectivity index (χ1n) is 11.9. The quantitative estimate of drug-likeness (QED) is 0.732. The Morgan fingerprint density at radius 2 is 1.72 bits per heavy atom. The van der Waals surface area contributed by atoms with Crippen molar-refractivity contribution in [3.63, 3.8) is 0 Å². The van der Waals surface area contributed by atoms with Crippen molar-refractivity contribution in [2.24, 2.45) is 5.92 Å². The van der Waals surface area contributed by atoms with Gasteiger partial charge in [-0.05, 0) is 43.7 Å². The molecule has 3 heterocycles. The van der Waals surface area contributed by atoms with Crippen LogP contribution in [0.1, 0.15) is 75.7 Å². The average Bonchev–Trinajstić information content (AvgIpc) is 3.38. The summed E-state index contributed by atoms with van der Waals surface area (Å²) >= 11 is 1.99. The Morgan fingerprint density at radius 3 is 2.48 bits per heavy atom. The Kier molecular flexibility index (Phi) is 6.45. The molecule has 158 valence electrons. The molecule has 1 aliphatic carbocycles. The molecule has 1 N–H and O–H groups in total. The summed E-state index contributed by atoms with van der Waals surface area (Å²) in [6.45, 7) is 3.84. The minimum atomic E-state index is 0.403. The fraction of sp³-hybridized carbons (Fsp3) is 0.708. The third kappa shape index (κ3) is 4.52. The minimum absolute atomic E-state index is 0.403. The van der Waals surface area contributed by atoms with Gasteiger partial charge in [-0.25, -0.2) is 4.98 Å². The van der Waals surface area contributed by atoms with Gasteiger partial charge in [-0.1, -0.05) is 44.2 Å². The summed E-state index contributed by atoms with van der Waals surface area (Å²) in [6.07, 6.45) is 12.7. The first-order chi connectivity index (χ1) is 14.4. The van der Waals surface area contributed by atoms with Crippen LogP contribution in [0.4, 0.5) is 0 Å². The fourth-order valence-electron chi connectivity index (χ4n) is 5.70. The van der Waals surface area contributed by atoms with E-state index >= 15 is 0 Å². The van der Waals surface area contributed by atoms with Gasteiger partial charge in [0.05, 0.1) is 17.1 Å². The van der Waals surface area contributed by atoms with E-state index in [2.05, 4.69) is 39.0 Å². The Morgan fingerprint density at radius 1 is 0.966 bits per heavy atom. The first-order valence-corrected chi connectivity index (χ1v) is 13.0. The van der Waals surface area contributed by atoms with E-state index in [0.717, 1.165) is 23.1 Å². The number of likely N-dealkylation sites (tertiary alicyclic amines) is 1. The zero-order valence-corrected chi connectivity index (χ0v) is 18.5. The SMILES string of the molecule is c1ccc2c(c1)nc(C1CSCN1)n2C1CCN(CC2CCCCCCC2)CC1. The molecule has 29 heavy (non-hydrogen) atoms. The van der Waals surface area contributed by atoms with Gasteiger partial charge in [0.2, 0.25) is 0 Å². The maximum absolute atomic E-state index is 5.08. The van der Waals surface area contributed by atoms with E-state index in [1.54, 1.807) is 0 Å². The van der Waals surface area contributed by atoms with Crippen molar-refractivity contribution in [3.05, 3.63) is 30.1 Å². The van der Waals surface area contributed by atoms with E-state index in [0.29, 0.717) is 12.1 Å². The second-order valence-electron chi connectivity index (χ2n) is 9.34. The molecule has 1 atom stereocenters. The van der Waals surface area contributed by atoms with E-state index in [1.807, 2.05) is 11.8 Å².